The van der Waals surface area contributed by atoms with Gasteiger partial charge < -0.3 is 10.1 Å². The molecule has 8 heteroatoms. The normalized spacial score (nSPS) is 21.3. The zero-order valence-electron chi connectivity index (χ0n) is 15.4. The number of fused-ring (bicyclic) bond motifs is 2. The summed E-state index contributed by atoms with van der Waals surface area (Å²) in [5, 5.41) is 3.45. The zero-order chi connectivity index (χ0) is 19.9. The fourth-order valence-electron chi connectivity index (χ4n) is 3.84. The van der Waals surface area contributed by atoms with Crippen molar-refractivity contribution >= 4 is 33.2 Å². The highest BCUT2D eigenvalue weighted by Crippen LogP contribution is 2.37. The van der Waals surface area contributed by atoms with E-state index in [4.69, 9.17) is 16.3 Å². The van der Waals surface area contributed by atoms with Crippen molar-refractivity contribution in [3.05, 3.63) is 58.6 Å². The van der Waals surface area contributed by atoms with Gasteiger partial charge in [-0.1, -0.05) is 35.9 Å². The van der Waals surface area contributed by atoms with Gasteiger partial charge in [0, 0.05) is 5.02 Å². The SMILES string of the molecule is CS(=O)(=O)N1C[C@@H](C(=O)N[C@H]2CCCc3ccccc32)Oc2ccc(Cl)cc21. The lowest BCUT2D eigenvalue weighted by Gasteiger charge is -2.35. The Kier molecular flexibility index (Phi) is 4.97. The Morgan fingerprint density at radius 2 is 2.04 bits per heavy atom. The highest BCUT2D eigenvalue weighted by molar-refractivity contribution is 7.92. The second kappa shape index (κ2) is 7.29. The number of nitrogens with one attached hydrogen (secondary N) is 1. The number of sulfonamides is 1. The molecule has 0 bridgehead atoms. The molecule has 6 nitrogen and oxygen atoms in total. The summed E-state index contributed by atoms with van der Waals surface area (Å²) in [6.07, 6.45) is 3.01. The molecule has 2 aromatic carbocycles. The van der Waals surface area contributed by atoms with E-state index in [0.29, 0.717) is 16.5 Å². The van der Waals surface area contributed by atoms with Gasteiger partial charge in [0.05, 0.1) is 24.5 Å². The van der Waals surface area contributed by atoms with Crippen molar-refractivity contribution < 1.29 is 17.9 Å². The molecule has 4 rings (SSSR count). The first kappa shape index (κ1) is 19.1. The molecule has 28 heavy (non-hydrogen) atoms. The molecule has 1 N–H and O–H groups in total. The minimum absolute atomic E-state index is 0.0909. The number of amides is 1. The summed E-state index contributed by atoms with van der Waals surface area (Å²) in [7, 11) is -3.59. The van der Waals surface area contributed by atoms with Crippen LogP contribution in [0.4, 0.5) is 5.69 Å². The molecule has 1 aliphatic heterocycles. The van der Waals surface area contributed by atoms with E-state index < -0.39 is 16.1 Å². The predicted molar refractivity (Wildman–Crippen MR) is 108 cm³/mol. The number of carbonyl (C=O) groups excluding carboxylic acids is 1. The van der Waals surface area contributed by atoms with Gasteiger partial charge in [-0.2, -0.15) is 0 Å². The van der Waals surface area contributed by atoms with E-state index in [-0.39, 0.29) is 18.5 Å². The van der Waals surface area contributed by atoms with Crippen molar-refractivity contribution in [1.82, 2.24) is 5.32 Å². The largest absolute Gasteiger partial charge is 0.476 e. The Labute approximate surface area is 169 Å². The van der Waals surface area contributed by atoms with Crippen molar-refractivity contribution in [2.24, 2.45) is 0 Å². The molecule has 0 unspecified atom stereocenters. The average molecular weight is 421 g/mol. The summed E-state index contributed by atoms with van der Waals surface area (Å²) < 4.78 is 31.6. The van der Waals surface area contributed by atoms with Crippen LogP contribution in [0.15, 0.2) is 42.5 Å². The lowest BCUT2D eigenvalue weighted by atomic mass is 9.87. The van der Waals surface area contributed by atoms with Gasteiger partial charge in [0.1, 0.15) is 5.75 Å². The number of halogens is 1. The third-order valence-electron chi connectivity index (χ3n) is 5.17. The van der Waals surface area contributed by atoms with Crippen LogP contribution in [0.25, 0.3) is 0 Å². The summed E-state index contributed by atoms with van der Waals surface area (Å²) >= 11 is 6.01. The molecule has 0 radical (unpaired) electrons. The zero-order valence-corrected chi connectivity index (χ0v) is 17.0. The van der Waals surface area contributed by atoms with Gasteiger partial charge in [0.25, 0.3) is 5.91 Å². The van der Waals surface area contributed by atoms with Crippen LogP contribution in [-0.4, -0.2) is 33.2 Å². The van der Waals surface area contributed by atoms with Crippen molar-refractivity contribution in [1.29, 1.82) is 0 Å². The van der Waals surface area contributed by atoms with Crippen LogP contribution in [0.2, 0.25) is 5.02 Å². The number of ether oxygens (including phenoxy) is 1. The highest BCUT2D eigenvalue weighted by Gasteiger charge is 2.36. The van der Waals surface area contributed by atoms with E-state index >= 15 is 0 Å². The van der Waals surface area contributed by atoms with E-state index in [9.17, 15) is 13.2 Å². The summed E-state index contributed by atoms with van der Waals surface area (Å²) in [6.45, 7) is -0.0909. The molecule has 2 aliphatic rings. The standard InChI is InChI=1S/C20H21ClN2O4S/c1-28(25,26)23-12-19(27-18-10-9-14(21)11-17(18)23)20(24)22-16-8-4-6-13-5-2-3-7-15(13)16/h2-3,5,7,9-11,16,19H,4,6,8,12H2,1H3,(H,22,24)/t16-,19-/m0/s1. The molecular weight excluding hydrogens is 400 g/mol. The van der Waals surface area contributed by atoms with Crippen LogP contribution in [0.5, 0.6) is 5.75 Å². The second-order valence-electron chi connectivity index (χ2n) is 7.16. The van der Waals surface area contributed by atoms with Gasteiger partial charge in [-0.25, -0.2) is 8.42 Å². The van der Waals surface area contributed by atoms with Crippen molar-refractivity contribution in [3.8, 4) is 5.75 Å². The number of aryl methyl sites for hydroxylation is 1. The quantitative estimate of drug-likeness (QED) is 0.828. The monoisotopic (exact) mass is 420 g/mol. The molecular formula is C20H21ClN2O4S. The van der Waals surface area contributed by atoms with E-state index in [2.05, 4.69) is 11.4 Å². The molecule has 0 saturated heterocycles. The molecule has 1 heterocycles. The number of benzene rings is 2. The third kappa shape index (κ3) is 3.69. The predicted octanol–water partition coefficient (Wildman–Crippen LogP) is 3.06. The maximum absolute atomic E-state index is 12.9. The molecule has 2 atom stereocenters. The Morgan fingerprint density at radius 3 is 2.82 bits per heavy atom. The molecule has 1 aliphatic carbocycles. The van der Waals surface area contributed by atoms with Crippen molar-refractivity contribution in [3.63, 3.8) is 0 Å². The molecule has 2 aromatic rings. The number of anilines is 1. The van der Waals surface area contributed by atoms with Crippen LogP contribution < -0.4 is 14.4 Å². The second-order valence-corrected chi connectivity index (χ2v) is 9.51. The number of hydrogen-bond donors (Lipinski definition) is 1. The van der Waals surface area contributed by atoms with Gasteiger partial charge in [-0.15, -0.1) is 0 Å². The van der Waals surface area contributed by atoms with E-state index in [0.717, 1.165) is 31.1 Å². The summed E-state index contributed by atoms with van der Waals surface area (Å²) in [5.74, 6) is 0.00113. The first-order valence-electron chi connectivity index (χ1n) is 9.15. The number of carbonyl (C=O) groups is 1. The fourth-order valence-corrected chi connectivity index (χ4v) is 4.92. The molecule has 0 aromatic heterocycles. The number of rotatable bonds is 3. The van der Waals surface area contributed by atoms with Crippen LogP contribution in [0.3, 0.4) is 0 Å². The molecule has 0 fully saturated rings. The summed E-state index contributed by atoms with van der Waals surface area (Å²) in [4.78, 5) is 12.9. The van der Waals surface area contributed by atoms with E-state index in [1.807, 2.05) is 18.2 Å². The lowest BCUT2D eigenvalue weighted by Crippen LogP contribution is -2.51. The summed E-state index contributed by atoms with van der Waals surface area (Å²) in [5.41, 5.74) is 2.70. The smallest absolute Gasteiger partial charge is 0.263 e. The Bertz CT molecular complexity index is 1020. The Morgan fingerprint density at radius 1 is 1.25 bits per heavy atom. The third-order valence-corrected chi connectivity index (χ3v) is 6.55. The maximum atomic E-state index is 12.9. The van der Waals surface area contributed by atoms with Crippen molar-refractivity contribution in [2.75, 3.05) is 17.1 Å². The fraction of sp³-hybridized carbons (Fsp3) is 0.350. The lowest BCUT2D eigenvalue weighted by molar-refractivity contribution is -0.128. The minimum atomic E-state index is -3.59. The minimum Gasteiger partial charge on any atom is -0.476 e. The average Bonchev–Trinajstić information content (AvgIpc) is 2.66. The molecule has 0 spiro atoms. The van der Waals surface area contributed by atoms with Gasteiger partial charge in [-0.05, 0) is 48.6 Å². The number of nitrogens with zero attached hydrogens (tertiary/aromatic N) is 1. The maximum Gasteiger partial charge on any atom is 0.263 e. The van der Waals surface area contributed by atoms with Gasteiger partial charge in [0.15, 0.2) is 6.10 Å². The molecule has 148 valence electrons. The van der Waals surface area contributed by atoms with Gasteiger partial charge in [-0.3, -0.25) is 9.10 Å². The van der Waals surface area contributed by atoms with E-state index in [1.54, 1.807) is 12.1 Å². The van der Waals surface area contributed by atoms with Crippen LogP contribution in [-0.2, 0) is 21.2 Å². The number of hydrogen-bond acceptors (Lipinski definition) is 4. The van der Waals surface area contributed by atoms with Gasteiger partial charge >= 0.3 is 0 Å². The molecule has 0 saturated carbocycles. The molecule has 1 amide bonds. The van der Waals surface area contributed by atoms with Gasteiger partial charge in [0.2, 0.25) is 10.0 Å². The first-order chi connectivity index (χ1) is 13.3. The Balaban J connectivity index is 1.58. The summed E-state index contributed by atoms with van der Waals surface area (Å²) in [6, 6.07) is 12.7. The topological polar surface area (TPSA) is 75.7 Å². The van der Waals surface area contributed by atoms with Crippen molar-refractivity contribution in [2.45, 2.75) is 31.4 Å². The van der Waals surface area contributed by atoms with Crippen LogP contribution in [0, 0.1) is 0 Å². The highest BCUT2D eigenvalue weighted by atomic mass is 35.5. The Hall–Kier alpha value is -2.25. The van der Waals surface area contributed by atoms with E-state index in [1.165, 1.54) is 15.9 Å². The first-order valence-corrected chi connectivity index (χ1v) is 11.4. The van der Waals surface area contributed by atoms with Crippen LogP contribution >= 0.6 is 11.6 Å². The van der Waals surface area contributed by atoms with Crippen LogP contribution in [0.1, 0.15) is 30.0 Å².